The number of hydrogen-bond donors (Lipinski definition) is 0. The average molecular weight is 639 g/mol. The van der Waals surface area contributed by atoms with Gasteiger partial charge < -0.3 is 0 Å². The van der Waals surface area contributed by atoms with E-state index in [2.05, 4.69) is 24.0 Å². The van der Waals surface area contributed by atoms with Crippen molar-refractivity contribution in [3.8, 4) is 11.3 Å². The Hall–Kier alpha value is -2.09. The predicted molar refractivity (Wildman–Crippen MR) is 128 cm³/mol. The summed E-state index contributed by atoms with van der Waals surface area (Å²) in [6, 6.07) is 10.7. The molecule has 2 atom stereocenters. The second-order valence-corrected chi connectivity index (χ2v) is 14.8. The van der Waals surface area contributed by atoms with Crippen LogP contribution in [-0.2, 0) is 20.2 Å². The Morgan fingerprint density at radius 3 is 2.49 bits per heavy atom. The standard InChI is InChI=1S/C26H26F2IN4O3S/c1-25(2)17-14-29-15-26(25,21-7-4-8-22(30-21)37(34,35)33-9-11-36-12-10-33)24-16(17)13-20(31-32-24)23-18(27)5-3-6-19(23)28/h3-8,13,17H,9-12,14-15H2,1-2H3/q-1/t17-,26-/m0/s1. The number of fused-ring (bicyclic) bond motifs is 5. The first-order chi connectivity index (χ1) is 17.7. The Bertz CT molecular complexity index is 1480. The molecular formula is C26H26F2IN4O3S-. The molecule has 0 N–H and O–H groups in total. The molecule has 0 spiro atoms. The Balaban J connectivity index is 1.50. The van der Waals surface area contributed by atoms with E-state index in [0.29, 0.717) is 32.0 Å². The third kappa shape index (κ3) is 3.68. The summed E-state index contributed by atoms with van der Waals surface area (Å²) < 4.78 is 64.6. The van der Waals surface area contributed by atoms with Crippen molar-refractivity contribution in [3.63, 3.8) is 0 Å². The van der Waals surface area contributed by atoms with Gasteiger partial charge in [0.15, 0.2) is 0 Å². The van der Waals surface area contributed by atoms with Gasteiger partial charge in [-0.25, -0.2) is 0 Å². The molecule has 2 aliphatic heterocycles. The quantitative estimate of drug-likeness (QED) is 0.303. The number of pyridine rings is 1. The van der Waals surface area contributed by atoms with Crippen molar-refractivity contribution in [2.24, 2.45) is 5.41 Å². The third-order valence-corrected chi connectivity index (χ3v) is 13.1. The molecule has 0 amide bonds. The van der Waals surface area contributed by atoms with E-state index < -0.39 is 27.1 Å². The number of sulfonamides is 1. The van der Waals surface area contributed by atoms with Crippen LogP contribution < -0.4 is 21.2 Å². The van der Waals surface area contributed by atoms with Gasteiger partial charge in [0.1, 0.15) is 0 Å². The number of nitrogens with zero attached hydrogens (tertiary/aromatic N) is 4. The van der Waals surface area contributed by atoms with E-state index in [4.69, 9.17) is 9.72 Å². The fraction of sp³-hybridized carbons (Fsp3) is 0.423. The van der Waals surface area contributed by atoms with Crippen LogP contribution in [0.4, 0.5) is 8.78 Å². The van der Waals surface area contributed by atoms with Gasteiger partial charge in [0.05, 0.1) is 0 Å². The van der Waals surface area contributed by atoms with Crippen LogP contribution in [0.2, 0.25) is 0 Å². The molecule has 2 bridgehead atoms. The molecule has 1 aromatic carbocycles. The van der Waals surface area contributed by atoms with Gasteiger partial charge in [-0.15, -0.1) is 0 Å². The number of alkyl halides is 2. The molecule has 11 heteroatoms. The summed E-state index contributed by atoms with van der Waals surface area (Å²) in [7, 11) is -3.78. The van der Waals surface area contributed by atoms with Crippen molar-refractivity contribution in [2.45, 2.75) is 30.2 Å². The van der Waals surface area contributed by atoms with Crippen LogP contribution in [0.5, 0.6) is 0 Å². The molecule has 0 saturated carbocycles. The molecule has 1 aliphatic carbocycles. The first-order valence-corrected chi connectivity index (χ1v) is 16.6. The summed E-state index contributed by atoms with van der Waals surface area (Å²) in [6.45, 7) is 5.63. The van der Waals surface area contributed by atoms with E-state index >= 15 is 0 Å². The molecule has 7 nitrogen and oxygen atoms in total. The van der Waals surface area contributed by atoms with Gasteiger partial charge in [-0.1, -0.05) is 0 Å². The molecule has 0 unspecified atom stereocenters. The zero-order valence-electron chi connectivity index (χ0n) is 20.4. The van der Waals surface area contributed by atoms with Crippen LogP contribution >= 0.6 is 0 Å². The van der Waals surface area contributed by atoms with Gasteiger partial charge in [-0.05, 0) is 0 Å². The van der Waals surface area contributed by atoms with Gasteiger partial charge in [-0.3, -0.25) is 0 Å². The summed E-state index contributed by atoms with van der Waals surface area (Å²) in [5, 5.41) is 8.92. The molecule has 37 heavy (non-hydrogen) atoms. The van der Waals surface area contributed by atoms with Crippen molar-refractivity contribution in [1.29, 1.82) is 0 Å². The summed E-state index contributed by atoms with van der Waals surface area (Å²) >= 11 is -0.248. The maximum atomic E-state index is 14.6. The normalized spacial score (nSPS) is 25.4. The predicted octanol–water partition coefficient (Wildman–Crippen LogP) is 0.350. The first-order valence-electron chi connectivity index (χ1n) is 12.1. The Morgan fingerprint density at radius 1 is 1.05 bits per heavy atom. The van der Waals surface area contributed by atoms with Crippen LogP contribution in [0.3, 0.4) is 0 Å². The average Bonchev–Trinajstić information content (AvgIpc) is 2.99. The summed E-state index contributed by atoms with van der Waals surface area (Å²) in [5.41, 5.74) is 1.35. The van der Waals surface area contributed by atoms with E-state index in [-0.39, 0.29) is 48.8 Å². The van der Waals surface area contributed by atoms with E-state index in [0.717, 1.165) is 20.1 Å². The molecule has 6 rings (SSSR count). The Morgan fingerprint density at radius 2 is 1.76 bits per heavy atom. The topological polar surface area (TPSA) is 85.3 Å². The van der Waals surface area contributed by atoms with E-state index in [9.17, 15) is 17.2 Å². The van der Waals surface area contributed by atoms with E-state index in [1.807, 2.05) is 6.07 Å². The van der Waals surface area contributed by atoms with Gasteiger partial charge in [-0.2, -0.15) is 0 Å². The van der Waals surface area contributed by atoms with Gasteiger partial charge >= 0.3 is 226 Å². The number of hydrogen-bond acceptors (Lipinski definition) is 6. The SMILES string of the molecule is CC1(C)[C@H]2C[I-]C[C@]1(c1cccc(S(=O)(=O)N3CCOCC3)n1)c1nnc(-c3c(F)cccc3F)cc12. The van der Waals surface area contributed by atoms with E-state index in [1.54, 1.807) is 18.2 Å². The van der Waals surface area contributed by atoms with Crippen molar-refractivity contribution >= 4 is 10.0 Å². The minimum atomic E-state index is -3.78. The Kier molecular flexibility index (Phi) is 6.12. The van der Waals surface area contributed by atoms with Gasteiger partial charge in [0.25, 0.3) is 0 Å². The maximum absolute atomic E-state index is 14.6. The summed E-state index contributed by atoms with van der Waals surface area (Å²) in [5.74, 6) is -1.26. The number of benzene rings is 1. The minimum absolute atomic E-state index is 0.0175. The number of morpholine rings is 1. The molecule has 3 aromatic rings. The molecule has 196 valence electrons. The van der Waals surface area contributed by atoms with Crippen LogP contribution in [0, 0.1) is 17.0 Å². The van der Waals surface area contributed by atoms with Gasteiger partial charge in [0, 0.05) is 0 Å². The Labute approximate surface area is 225 Å². The van der Waals surface area contributed by atoms with Crippen LogP contribution in [-0.4, -0.2) is 63.1 Å². The van der Waals surface area contributed by atoms with Crippen LogP contribution in [0.1, 0.15) is 36.7 Å². The molecule has 2 saturated heterocycles. The third-order valence-electron chi connectivity index (χ3n) is 8.09. The van der Waals surface area contributed by atoms with Crippen LogP contribution in [0.25, 0.3) is 11.3 Å². The molecular weight excluding hydrogens is 613 g/mol. The number of halogens is 3. The van der Waals surface area contributed by atoms with Crippen molar-refractivity contribution in [3.05, 3.63) is 71.1 Å². The number of aromatic nitrogens is 3. The monoisotopic (exact) mass is 639 g/mol. The second kappa shape index (κ2) is 8.99. The van der Waals surface area contributed by atoms with Crippen molar-refractivity contribution < 1.29 is 43.1 Å². The second-order valence-electron chi connectivity index (χ2n) is 10.2. The fourth-order valence-electron chi connectivity index (χ4n) is 5.91. The van der Waals surface area contributed by atoms with Crippen molar-refractivity contribution in [1.82, 2.24) is 19.5 Å². The van der Waals surface area contributed by atoms with Crippen molar-refractivity contribution in [2.75, 3.05) is 35.2 Å². The van der Waals surface area contributed by atoms with E-state index in [1.165, 1.54) is 22.5 Å². The molecule has 4 heterocycles. The van der Waals surface area contributed by atoms with Crippen LogP contribution in [0.15, 0.2) is 47.5 Å². The molecule has 2 aromatic heterocycles. The number of rotatable bonds is 4. The summed E-state index contributed by atoms with van der Waals surface area (Å²) in [4.78, 5) is 4.78. The molecule has 2 fully saturated rings. The fourth-order valence-corrected chi connectivity index (χ4v) is 12.3. The zero-order chi connectivity index (χ0) is 26.0. The number of ether oxygens (including phenoxy) is 1. The first kappa shape index (κ1) is 25.2. The molecule has 0 radical (unpaired) electrons. The molecule has 3 aliphatic rings. The summed E-state index contributed by atoms with van der Waals surface area (Å²) in [6.07, 6.45) is 0. The van der Waals surface area contributed by atoms with Gasteiger partial charge in [0.2, 0.25) is 0 Å². The zero-order valence-corrected chi connectivity index (χ0v) is 23.4.